The van der Waals surface area contributed by atoms with Gasteiger partial charge < -0.3 is 14.8 Å². The highest BCUT2D eigenvalue weighted by atomic mass is 19.1. The first kappa shape index (κ1) is 11.8. The highest BCUT2D eigenvalue weighted by Gasteiger charge is 2.05. The number of anilines is 1. The van der Waals surface area contributed by atoms with Gasteiger partial charge in [0.1, 0.15) is 0 Å². The molecule has 0 aliphatic heterocycles. The molecule has 0 bridgehead atoms. The third kappa shape index (κ3) is 3.40. The van der Waals surface area contributed by atoms with E-state index in [0.717, 1.165) is 5.69 Å². The average Bonchev–Trinajstić information content (AvgIpc) is 2.18. The number of benzene rings is 1. The van der Waals surface area contributed by atoms with Crippen LogP contribution in [0.5, 0.6) is 5.75 Å². The van der Waals surface area contributed by atoms with Crippen molar-refractivity contribution in [2.24, 2.45) is 0 Å². The van der Waals surface area contributed by atoms with Crippen LogP contribution in [0.1, 0.15) is 6.92 Å². The van der Waals surface area contributed by atoms with Crippen molar-refractivity contribution in [1.29, 1.82) is 0 Å². The lowest BCUT2D eigenvalue weighted by atomic mass is 10.2. The number of ether oxygens (including phenoxy) is 2. The number of methoxy groups -OCH3 is 2. The minimum atomic E-state index is -0.368. The van der Waals surface area contributed by atoms with E-state index in [2.05, 4.69) is 5.32 Å². The summed E-state index contributed by atoms with van der Waals surface area (Å²) in [5, 5.41) is 3.11. The summed E-state index contributed by atoms with van der Waals surface area (Å²) in [6.07, 6.45) is 0. The van der Waals surface area contributed by atoms with Crippen molar-refractivity contribution in [3.8, 4) is 5.75 Å². The molecule has 0 amide bonds. The van der Waals surface area contributed by atoms with Crippen LogP contribution in [0.2, 0.25) is 0 Å². The van der Waals surface area contributed by atoms with E-state index in [-0.39, 0.29) is 17.6 Å². The van der Waals surface area contributed by atoms with Crippen LogP contribution in [0, 0.1) is 5.82 Å². The third-order valence-electron chi connectivity index (χ3n) is 1.98. The minimum absolute atomic E-state index is 0.141. The van der Waals surface area contributed by atoms with E-state index in [1.165, 1.54) is 13.2 Å². The summed E-state index contributed by atoms with van der Waals surface area (Å²) in [5.41, 5.74) is 0.720. The summed E-state index contributed by atoms with van der Waals surface area (Å²) in [4.78, 5) is 0. The van der Waals surface area contributed by atoms with Gasteiger partial charge in [-0.2, -0.15) is 0 Å². The second kappa shape index (κ2) is 5.56. The Labute approximate surface area is 89.2 Å². The van der Waals surface area contributed by atoms with Crippen molar-refractivity contribution in [1.82, 2.24) is 0 Å². The van der Waals surface area contributed by atoms with Crippen molar-refractivity contribution >= 4 is 5.69 Å². The summed E-state index contributed by atoms with van der Waals surface area (Å²) >= 11 is 0. The van der Waals surface area contributed by atoms with Crippen LogP contribution in [-0.4, -0.2) is 26.9 Å². The van der Waals surface area contributed by atoms with E-state index in [9.17, 15) is 4.39 Å². The van der Waals surface area contributed by atoms with Crippen LogP contribution >= 0.6 is 0 Å². The van der Waals surface area contributed by atoms with E-state index < -0.39 is 0 Å². The molecule has 0 unspecified atom stereocenters. The zero-order valence-corrected chi connectivity index (χ0v) is 9.21. The molecule has 15 heavy (non-hydrogen) atoms. The van der Waals surface area contributed by atoms with Gasteiger partial charge in [-0.3, -0.25) is 0 Å². The Balaban J connectivity index is 2.66. The Morgan fingerprint density at radius 1 is 1.40 bits per heavy atom. The highest BCUT2D eigenvalue weighted by Crippen LogP contribution is 2.20. The van der Waals surface area contributed by atoms with E-state index in [0.29, 0.717) is 6.61 Å². The Hall–Kier alpha value is -1.29. The Bertz CT molecular complexity index is 317. The smallest absolute Gasteiger partial charge is 0.167 e. The van der Waals surface area contributed by atoms with Crippen molar-refractivity contribution in [3.63, 3.8) is 0 Å². The molecular weight excluding hydrogens is 197 g/mol. The van der Waals surface area contributed by atoms with Crippen LogP contribution in [0.4, 0.5) is 10.1 Å². The fourth-order valence-electron chi connectivity index (χ4n) is 1.33. The van der Waals surface area contributed by atoms with Crippen LogP contribution in [0.3, 0.4) is 0 Å². The van der Waals surface area contributed by atoms with Gasteiger partial charge in [-0.1, -0.05) is 0 Å². The molecule has 1 N–H and O–H groups in total. The summed E-state index contributed by atoms with van der Waals surface area (Å²) in [6.45, 7) is 2.54. The predicted octanol–water partition coefficient (Wildman–Crippen LogP) is 2.28. The highest BCUT2D eigenvalue weighted by molar-refractivity contribution is 5.47. The van der Waals surface area contributed by atoms with Gasteiger partial charge in [0.2, 0.25) is 0 Å². The van der Waals surface area contributed by atoms with Gasteiger partial charge in [-0.05, 0) is 19.1 Å². The molecule has 0 aliphatic rings. The van der Waals surface area contributed by atoms with E-state index in [1.54, 1.807) is 19.2 Å². The number of hydrogen-bond acceptors (Lipinski definition) is 3. The van der Waals surface area contributed by atoms with Crippen molar-refractivity contribution in [2.75, 3.05) is 26.1 Å². The summed E-state index contributed by atoms with van der Waals surface area (Å²) < 4.78 is 23.1. The molecule has 0 heterocycles. The number of halogens is 1. The zero-order valence-electron chi connectivity index (χ0n) is 9.21. The van der Waals surface area contributed by atoms with E-state index in [1.807, 2.05) is 6.92 Å². The molecule has 0 spiro atoms. The van der Waals surface area contributed by atoms with E-state index >= 15 is 0 Å². The SMILES string of the molecule is COC[C@@H](C)Nc1ccc(OC)c(F)c1. The van der Waals surface area contributed by atoms with Crippen LogP contribution in [0.25, 0.3) is 0 Å². The largest absolute Gasteiger partial charge is 0.494 e. The molecule has 4 heteroatoms. The van der Waals surface area contributed by atoms with Gasteiger partial charge in [0.05, 0.1) is 13.7 Å². The van der Waals surface area contributed by atoms with Crippen molar-refractivity contribution < 1.29 is 13.9 Å². The molecule has 0 radical (unpaired) electrons. The maximum absolute atomic E-state index is 13.3. The van der Waals surface area contributed by atoms with E-state index in [4.69, 9.17) is 9.47 Å². The molecule has 1 atom stereocenters. The van der Waals surface area contributed by atoms with Gasteiger partial charge in [0, 0.05) is 24.9 Å². The summed E-state index contributed by atoms with van der Waals surface area (Å²) in [6, 6.07) is 4.92. The Morgan fingerprint density at radius 2 is 2.13 bits per heavy atom. The van der Waals surface area contributed by atoms with Crippen LogP contribution < -0.4 is 10.1 Å². The average molecular weight is 213 g/mol. The van der Waals surface area contributed by atoms with Gasteiger partial charge in [-0.25, -0.2) is 4.39 Å². The van der Waals surface area contributed by atoms with Gasteiger partial charge >= 0.3 is 0 Å². The van der Waals surface area contributed by atoms with Gasteiger partial charge in [0.15, 0.2) is 11.6 Å². The number of rotatable bonds is 5. The molecule has 0 saturated heterocycles. The van der Waals surface area contributed by atoms with Crippen LogP contribution in [-0.2, 0) is 4.74 Å². The summed E-state index contributed by atoms with van der Waals surface area (Å²) in [5.74, 6) is -0.118. The molecular formula is C11H16FNO2. The van der Waals surface area contributed by atoms with Crippen molar-refractivity contribution in [2.45, 2.75) is 13.0 Å². The molecule has 84 valence electrons. The lowest BCUT2D eigenvalue weighted by Gasteiger charge is -2.14. The maximum atomic E-state index is 13.3. The quantitative estimate of drug-likeness (QED) is 0.814. The zero-order chi connectivity index (χ0) is 11.3. The minimum Gasteiger partial charge on any atom is -0.494 e. The topological polar surface area (TPSA) is 30.5 Å². The fraction of sp³-hybridized carbons (Fsp3) is 0.455. The predicted molar refractivity (Wildman–Crippen MR) is 57.9 cm³/mol. The number of hydrogen-bond donors (Lipinski definition) is 1. The lowest BCUT2D eigenvalue weighted by Crippen LogP contribution is -2.20. The van der Waals surface area contributed by atoms with Crippen molar-refractivity contribution in [3.05, 3.63) is 24.0 Å². The molecule has 0 aliphatic carbocycles. The lowest BCUT2D eigenvalue weighted by molar-refractivity contribution is 0.190. The standard InChI is InChI=1S/C11H16FNO2/c1-8(7-14-2)13-9-4-5-11(15-3)10(12)6-9/h4-6,8,13H,7H2,1-3H3/t8-/m1/s1. The normalized spacial score (nSPS) is 12.3. The molecule has 1 aromatic rings. The molecule has 1 rings (SSSR count). The fourth-order valence-corrected chi connectivity index (χ4v) is 1.33. The molecule has 0 aromatic heterocycles. The molecule has 0 fully saturated rings. The first-order valence-electron chi connectivity index (χ1n) is 4.76. The first-order chi connectivity index (χ1) is 7.17. The summed E-state index contributed by atoms with van der Waals surface area (Å²) in [7, 11) is 3.08. The second-order valence-corrected chi connectivity index (χ2v) is 3.35. The van der Waals surface area contributed by atoms with Crippen LogP contribution in [0.15, 0.2) is 18.2 Å². The molecule has 0 saturated carbocycles. The molecule has 3 nitrogen and oxygen atoms in total. The molecule has 1 aromatic carbocycles. The third-order valence-corrected chi connectivity index (χ3v) is 1.98. The first-order valence-corrected chi connectivity index (χ1v) is 4.76. The Morgan fingerprint density at radius 3 is 2.67 bits per heavy atom. The van der Waals surface area contributed by atoms with Gasteiger partial charge in [0.25, 0.3) is 0 Å². The van der Waals surface area contributed by atoms with Gasteiger partial charge in [-0.15, -0.1) is 0 Å². The monoisotopic (exact) mass is 213 g/mol. The Kier molecular flexibility index (Phi) is 4.37. The second-order valence-electron chi connectivity index (χ2n) is 3.35. The number of nitrogens with one attached hydrogen (secondary N) is 1. The maximum Gasteiger partial charge on any atom is 0.167 e.